The molecular weight excluding hydrogens is 337 g/mol. The lowest BCUT2D eigenvalue weighted by molar-refractivity contribution is 0.0891. The van der Waals surface area contributed by atoms with Crippen LogP contribution >= 0.6 is 22.6 Å². The molecule has 0 heterocycles. The fraction of sp³-hybridized carbons (Fsp3) is 0.533. The molecule has 0 spiro atoms. The van der Waals surface area contributed by atoms with Crippen LogP contribution in [0.15, 0.2) is 24.3 Å². The Kier molecular flexibility index (Phi) is 4.65. The zero-order valence-electron chi connectivity index (χ0n) is 10.9. The summed E-state index contributed by atoms with van der Waals surface area (Å²) in [4.78, 5) is 12.2. The van der Waals surface area contributed by atoms with Gasteiger partial charge in [0.05, 0.1) is 0 Å². The van der Waals surface area contributed by atoms with Crippen molar-refractivity contribution in [2.75, 3.05) is 0 Å². The van der Waals surface area contributed by atoms with Crippen LogP contribution in [-0.4, -0.2) is 11.9 Å². The van der Waals surface area contributed by atoms with Gasteiger partial charge in [0.25, 0.3) is 5.91 Å². The lowest BCUT2D eigenvalue weighted by Crippen LogP contribution is -2.43. The third-order valence-electron chi connectivity index (χ3n) is 4.13. The van der Waals surface area contributed by atoms with E-state index in [1.165, 1.54) is 12.8 Å². The fourth-order valence-electron chi connectivity index (χ4n) is 2.64. The van der Waals surface area contributed by atoms with Crippen LogP contribution in [0, 0.1) is 15.4 Å². The lowest BCUT2D eigenvalue weighted by atomic mass is 9.78. The summed E-state index contributed by atoms with van der Waals surface area (Å²) >= 11 is 2.25. The molecule has 2 nitrogen and oxygen atoms in total. The van der Waals surface area contributed by atoms with E-state index in [-0.39, 0.29) is 5.91 Å². The first-order chi connectivity index (χ1) is 8.58. The quantitative estimate of drug-likeness (QED) is 0.801. The maximum atomic E-state index is 12.2. The van der Waals surface area contributed by atoms with Gasteiger partial charge in [-0.2, -0.15) is 0 Å². The van der Waals surface area contributed by atoms with Gasteiger partial charge in [0.2, 0.25) is 0 Å². The van der Waals surface area contributed by atoms with Crippen molar-refractivity contribution in [3.8, 4) is 0 Å². The van der Waals surface area contributed by atoms with Crippen molar-refractivity contribution in [1.29, 1.82) is 0 Å². The van der Waals surface area contributed by atoms with Crippen LogP contribution in [-0.2, 0) is 0 Å². The number of hydrogen-bond acceptors (Lipinski definition) is 1. The second-order valence-electron chi connectivity index (χ2n) is 5.35. The van der Waals surface area contributed by atoms with Crippen LogP contribution in [0.25, 0.3) is 0 Å². The van der Waals surface area contributed by atoms with E-state index >= 15 is 0 Å². The molecule has 0 aromatic heterocycles. The monoisotopic (exact) mass is 357 g/mol. The Morgan fingerprint density at radius 1 is 1.22 bits per heavy atom. The Hall–Kier alpha value is -0.580. The summed E-state index contributed by atoms with van der Waals surface area (Å²) in [6.45, 7) is 4.54. The number of halogens is 1. The van der Waals surface area contributed by atoms with Crippen LogP contribution in [0.1, 0.15) is 43.5 Å². The molecule has 0 bridgehead atoms. The standard InChI is InChI=1S/C15H20INO/c1-10-4-3-5-14(11(10)2)17-15(18)12-6-8-13(16)9-7-12/h6-11,14H,3-5H2,1-2H3,(H,17,18)/t10-,11+,14+/m0/s1. The van der Waals surface area contributed by atoms with Gasteiger partial charge in [0.15, 0.2) is 0 Å². The molecule has 1 amide bonds. The molecule has 3 atom stereocenters. The topological polar surface area (TPSA) is 29.1 Å². The summed E-state index contributed by atoms with van der Waals surface area (Å²) in [6.07, 6.45) is 3.63. The predicted molar refractivity (Wildman–Crippen MR) is 82.6 cm³/mol. The predicted octanol–water partition coefficient (Wildman–Crippen LogP) is 3.85. The number of nitrogens with one attached hydrogen (secondary N) is 1. The zero-order valence-corrected chi connectivity index (χ0v) is 13.1. The molecule has 3 heteroatoms. The maximum absolute atomic E-state index is 12.2. The van der Waals surface area contributed by atoms with Crippen molar-refractivity contribution >= 4 is 28.5 Å². The first-order valence-electron chi connectivity index (χ1n) is 6.64. The molecule has 0 radical (unpaired) electrons. The average molecular weight is 357 g/mol. The second-order valence-corrected chi connectivity index (χ2v) is 6.60. The Morgan fingerprint density at radius 2 is 1.89 bits per heavy atom. The number of carbonyl (C=O) groups is 1. The SMILES string of the molecule is C[C@@H]1[C@@H](C)CCC[C@H]1NC(=O)c1ccc(I)cc1. The molecule has 2 rings (SSSR count). The van der Waals surface area contributed by atoms with E-state index in [0.717, 1.165) is 15.6 Å². The molecule has 0 unspecified atom stereocenters. The van der Waals surface area contributed by atoms with Crippen molar-refractivity contribution in [3.63, 3.8) is 0 Å². The van der Waals surface area contributed by atoms with Gasteiger partial charge in [-0.15, -0.1) is 0 Å². The minimum atomic E-state index is 0.0670. The van der Waals surface area contributed by atoms with Gasteiger partial charge in [-0.05, 0) is 65.1 Å². The first-order valence-corrected chi connectivity index (χ1v) is 7.72. The van der Waals surface area contributed by atoms with Crippen molar-refractivity contribution in [3.05, 3.63) is 33.4 Å². The molecule has 1 aromatic carbocycles. The highest BCUT2D eigenvalue weighted by atomic mass is 127. The van der Waals surface area contributed by atoms with E-state index in [0.29, 0.717) is 17.9 Å². The smallest absolute Gasteiger partial charge is 0.251 e. The Morgan fingerprint density at radius 3 is 2.56 bits per heavy atom. The summed E-state index contributed by atoms with van der Waals surface area (Å²) < 4.78 is 1.16. The van der Waals surface area contributed by atoms with E-state index in [9.17, 15) is 4.79 Å². The van der Waals surface area contributed by atoms with Crippen LogP contribution in [0.4, 0.5) is 0 Å². The fourth-order valence-corrected chi connectivity index (χ4v) is 3.00. The largest absolute Gasteiger partial charge is 0.349 e. The van der Waals surface area contributed by atoms with Gasteiger partial charge >= 0.3 is 0 Å². The molecule has 1 aliphatic carbocycles. The summed E-state index contributed by atoms with van der Waals surface area (Å²) in [6, 6.07) is 8.08. The van der Waals surface area contributed by atoms with Gasteiger partial charge in [-0.25, -0.2) is 0 Å². The highest BCUT2D eigenvalue weighted by molar-refractivity contribution is 14.1. The minimum absolute atomic E-state index is 0.0670. The molecule has 98 valence electrons. The van der Waals surface area contributed by atoms with E-state index in [1.807, 2.05) is 24.3 Å². The van der Waals surface area contributed by atoms with Crippen LogP contribution < -0.4 is 5.32 Å². The summed E-state index contributed by atoms with van der Waals surface area (Å²) in [5, 5.41) is 3.19. The third-order valence-corrected chi connectivity index (χ3v) is 4.85. The van der Waals surface area contributed by atoms with E-state index in [1.54, 1.807) is 0 Å². The molecule has 1 fully saturated rings. The minimum Gasteiger partial charge on any atom is -0.349 e. The van der Waals surface area contributed by atoms with Crippen LogP contribution in [0.2, 0.25) is 0 Å². The van der Waals surface area contributed by atoms with Gasteiger partial charge in [-0.1, -0.05) is 26.7 Å². The Balaban J connectivity index is 2.00. The van der Waals surface area contributed by atoms with E-state index in [2.05, 4.69) is 41.8 Å². The van der Waals surface area contributed by atoms with E-state index in [4.69, 9.17) is 0 Å². The Labute approximate surface area is 123 Å². The second kappa shape index (κ2) is 6.04. The molecule has 1 aliphatic rings. The molecule has 1 saturated carbocycles. The molecule has 1 aromatic rings. The number of rotatable bonds is 2. The highest BCUT2D eigenvalue weighted by Gasteiger charge is 2.28. The number of amides is 1. The van der Waals surface area contributed by atoms with E-state index < -0.39 is 0 Å². The van der Waals surface area contributed by atoms with Gasteiger partial charge < -0.3 is 5.32 Å². The third kappa shape index (κ3) is 3.25. The van der Waals surface area contributed by atoms with Gasteiger partial charge in [0.1, 0.15) is 0 Å². The van der Waals surface area contributed by atoms with Crippen molar-refractivity contribution in [2.45, 2.75) is 39.2 Å². The molecule has 0 aliphatic heterocycles. The highest BCUT2D eigenvalue weighted by Crippen LogP contribution is 2.29. The number of carbonyl (C=O) groups excluding carboxylic acids is 1. The van der Waals surface area contributed by atoms with Gasteiger partial charge in [-0.3, -0.25) is 4.79 Å². The molecular formula is C15H20INO. The van der Waals surface area contributed by atoms with Crippen LogP contribution in [0.3, 0.4) is 0 Å². The van der Waals surface area contributed by atoms with Crippen molar-refractivity contribution in [2.24, 2.45) is 11.8 Å². The van der Waals surface area contributed by atoms with Crippen molar-refractivity contribution < 1.29 is 4.79 Å². The average Bonchev–Trinajstić information content (AvgIpc) is 2.36. The normalized spacial score (nSPS) is 27.8. The molecule has 1 N–H and O–H groups in total. The first kappa shape index (κ1) is 13.8. The van der Waals surface area contributed by atoms with Crippen molar-refractivity contribution in [1.82, 2.24) is 5.32 Å². The number of hydrogen-bond donors (Lipinski definition) is 1. The zero-order chi connectivity index (χ0) is 13.1. The lowest BCUT2D eigenvalue weighted by Gasteiger charge is -2.34. The maximum Gasteiger partial charge on any atom is 0.251 e. The summed E-state index contributed by atoms with van der Waals surface area (Å²) in [5.74, 6) is 1.35. The Bertz CT molecular complexity index is 415. The summed E-state index contributed by atoms with van der Waals surface area (Å²) in [5.41, 5.74) is 0.765. The van der Waals surface area contributed by atoms with Gasteiger partial charge in [0, 0.05) is 15.2 Å². The molecule has 18 heavy (non-hydrogen) atoms. The number of benzene rings is 1. The molecule has 0 saturated heterocycles. The van der Waals surface area contributed by atoms with Crippen LogP contribution in [0.5, 0.6) is 0 Å². The summed E-state index contributed by atoms with van der Waals surface area (Å²) in [7, 11) is 0.